The van der Waals surface area contributed by atoms with Crippen LogP contribution in [0.4, 0.5) is 5.82 Å². The average molecular weight is 483 g/mol. The lowest BCUT2D eigenvalue weighted by Gasteiger charge is -2.14. The number of benzene rings is 2. The highest BCUT2D eigenvalue weighted by Crippen LogP contribution is 2.37. The highest BCUT2D eigenvalue weighted by Gasteiger charge is 2.17. The molecule has 0 aliphatic heterocycles. The molecule has 0 saturated carbocycles. The lowest BCUT2D eigenvalue weighted by Crippen LogP contribution is -2.31. The van der Waals surface area contributed by atoms with Crippen molar-refractivity contribution in [3.63, 3.8) is 0 Å². The van der Waals surface area contributed by atoms with E-state index in [-0.39, 0.29) is 11.8 Å². The summed E-state index contributed by atoms with van der Waals surface area (Å²) in [4.78, 5) is 9.80. The first kappa shape index (κ1) is 23.2. The van der Waals surface area contributed by atoms with Crippen molar-refractivity contribution in [1.82, 2.24) is 14.7 Å². The standard InChI is InChI=1S/C24H26N4O3S2/c1-16(2)28-33(29,30)14-19-7-5-4-6-18(19)12-25-23-22-21(13-32-24(22)27-15-26-23)17-8-10-20(31-3)11-9-17/h4-11,13,15-16,28H,12,14H2,1-3H3,(H,25,26,27). The van der Waals surface area contributed by atoms with Crippen molar-refractivity contribution in [2.45, 2.75) is 32.2 Å². The van der Waals surface area contributed by atoms with Crippen LogP contribution in [0.5, 0.6) is 5.75 Å². The maximum atomic E-state index is 12.5. The lowest BCUT2D eigenvalue weighted by molar-refractivity contribution is 0.415. The van der Waals surface area contributed by atoms with Gasteiger partial charge in [0, 0.05) is 23.5 Å². The van der Waals surface area contributed by atoms with Crippen LogP contribution in [-0.2, 0) is 22.3 Å². The number of sulfonamides is 1. The van der Waals surface area contributed by atoms with Crippen LogP contribution >= 0.6 is 11.3 Å². The Morgan fingerprint density at radius 1 is 1.03 bits per heavy atom. The zero-order valence-corrected chi connectivity index (χ0v) is 20.3. The second-order valence-electron chi connectivity index (χ2n) is 7.93. The Balaban J connectivity index is 1.62. The van der Waals surface area contributed by atoms with E-state index in [1.165, 1.54) is 0 Å². The molecule has 0 amide bonds. The summed E-state index contributed by atoms with van der Waals surface area (Å²) in [5.74, 6) is 1.44. The summed E-state index contributed by atoms with van der Waals surface area (Å²) in [6.45, 7) is 4.07. The van der Waals surface area contributed by atoms with E-state index in [0.29, 0.717) is 12.4 Å². The monoisotopic (exact) mass is 482 g/mol. The highest BCUT2D eigenvalue weighted by atomic mass is 32.2. The molecular weight excluding hydrogens is 456 g/mol. The summed E-state index contributed by atoms with van der Waals surface area (Å²) in [5.41, 5.74) is 3.74. The SMILES string of the molecule is COc1ccc(-c2csc3ncnc(NCc4ccccc4CS(=O)(=O)NC(C)C)c23)cc1. The topological polar surface area (TPSA) is 93.2 Å². The minimum atomic E-state index is -3.43. The van der Waals surface area contributed by atoms with Crippen molar-refractivity contribution in [3.8, 4) is 16.9 Å². The van der Waals surface area contributed by atoms with E-state index in [9.17, 15) is 8.42 Å². The third-order valence-electron chi connectivity index (χ3n) is 5.10. The van der Waals surface area contributed by atoms with Crippen LogP contribution in [0.1, 0.15) is 25.0 Å². The van der Waals surface area contributed by atoms with Crippen LogP contribution in [0, 0.1) is 0 Å². The van der Waals surface area contributed by atoms with E-state index >= 15 is 0 Å². The van der Waals surface area contributed by atoms with Gasteiger partial charge in [-0.2, -0.15) is 0 Å². The molecule has 4 rings (SSSR count). The van der Waals surface area contributed by atoms with E-state index in [1.807, 2.05) is 62.4 Å². The van der Waals surface area contributed by atoms with Crippen LogP contribution in [0.2, 0.25) is 0 Å². The number of hydrogen-bond acceptors (Lipinski definition) is 7. The summed E-state index contributed by atoms with van der Waals surface area (Å²) in [6.07, 6.45) is 1.54. The van der Waals surface area contributed by atoms with Gasteiger partial charge >= 0.3 is 0 Å². The Hall–Kier alpha value is -3.01. The van der Waals surface area contributed by atoms with Gasteiger partial charge in [-0.05, 0) is 42.7 Å². The second-order valence-corrected chi connectivity index (χ2v) is 10.5. The van der Waals surface area contributed by atoms with Gasteiger partial charge in [0.2, 0.25) is 10.0 Å². The van der Waals surface area contributed by atoms with Crippen molar-refractivity contribution in [3.05, 3.63) is 71.4 Å². The molecule has 2 aromatic heterocycles. The van der Waals surface area contributed by atoms with E-state index < -0.39 is 10.0 Å². The van der Waals surface area contributed by atoms with E-state index in [1.54, 1.807) is 24.8 Å². The minimum absolute atomic E-state index is 0.0717. The third kappa shape index (κ3) is 5.50. The largest absolute Gasteiger partial charge is 0.497 e. The molecule has 33 heavy (non-hydrogen) atoms. The van der Waals surface area contributed by atoms with Crippen molar-refractivity contribution in [2.75, 3.05) is 12.4 Å². The normalized spacial score (nSPS) is 11.8. The molecule has 2 heterocycles. The molecule has 7 nitrogen and oxygen atoms in total. The van der Waals surface area contributed by atoms with Gasteiger partial charge in [-0.25, -0.2) is 23.1 Å². The summed E-state index contributed by atoms with van der Waals surface area (Å²) in [6, 6.07) is 15.3. The van der Waals surface area contributed by atoms with Crippen molar-refractivity contribution in [2.24, 2.45) is 0 Å². The Kier molecular flexibility index (Phi) is 6.92. The fraction of sp³-hybridized carbons (Fsp3) is 0.250. The molecule has 0 aliphatic carbocycles. The Labute approximate surface area is 197 Å². The van der Waals surface area contributed by atoms with Gasteiger partial charge in [0.25, 0.3) is 0 Å². The minimum Gasteiger partial charge on any atom is -0.497 e. The molecule has 0 atom stereocenters. The molecule has 2 N–H and O–H groups in total. The Morgan fingerprint density at radius 3 is 2.45 bits per heavy atom. The van der Waals surface area contributed by atoms with Gasteiger partial charge in [0.15, 0.2) is 0 Å². The summed E-state index contributed by atoms with van der Waals surface area (Å²) in [5, 5.41) is 6.42. The second kappa shape index (κ2) is 9.86. The molecule has 0 aliphatic rings. The average Bonchev–Trinajstić information content (AvgIpc) is 3.22. The first-order valence-corrected chi connectivity index (χ1v) is 13.1. The summed E-state index contributed by atoms with van der Waals surface area (Å²) < 4.78 is 32.8. The maximum Gasteiger partial charge on any atom is 0.216 e. The number of thiophene rings is 1. The first-order valence-electron chi connectivity index (χ1n) is 10.5. The van der Waals surface area contributed by atoms with Gasteiger partial charge in [-0.3, -0.25) is 0 Å². The van der Waals surface area contributed by atoms with Gasteiger partial charge in [0.1, 0.15) is 22.7 Å². The molecule has 0 radical (unpaired) electrons. The number of nitrogens with one attached hydrogen (secondary N) is 2. The van der Waals surface area contributed by atoms with E-state index in [2.05, 4.69) is 25.4 Å². The number of methoxy groups -OCH3 is 1. The number of rotatable bonds is 9. The Bertz CT molecular complexity index is 1350. The van der Waals surface area contributed by atoms with Crippen molar-refractivity contribution < 1.29 is 13.2 Å². The maximum absolute atomic E-state index is 12.5. The predicted molar refractivity (Wildman–Crippen MR) is 134 cm³/mol. The molecule has 0 unspecified atom stereocenters. The molecule has 172 valence electrons. The Morgan fingerprint density at radius 2 is 1.76 bits per heavy atom. The summed E-state index contributed by atoms with van der Waals surface area (Å²) >= 11 is 1.56. The fourth-order valence-corrected chi connectivity index (χ4v) is 6.06. The van der Waals surface area contributed by atoms with E-state index in [0.717, 1.165) is 38.2 Å². The van der Waals surface area contributed by atoms with Gasteiger partial charge in [0.05, 0.1) is 18.2 Å². The zero-order chi connectivity index (χ0) is 23.4. The first-order chi connectivity index (χ1) is 15.9. The number of hydrogen-bond donors (Lipinski definition) is 2. The molecule has 0 spiro atoms. The predicted octanol–water partition coefficient (Wildman–Crippen LogP) is 4.81. The number of nitrogens with zero attached hydrogens (tertiary/aromatic N) is 2. The molecule has 9 heteroatoms. The molecule has 0 bridgehead atoms. The van der Waals surface area contributed by atoms with Crippen LogP contribution < -0.4 is 14.8 Å². The van der Waals surface area contributed by atoms with Gasteiger partial charge < -0.3 is 10.1 Å². The molecule has 0 saturated heterocycles. The number of anilines is 1. The number of aromatic nitrogens is 2. The molecule has 0 fully saturated rings. The number of fused-ring (bicyclic) bond motifs is 1. The van der Waals surface area contributed by atoms with Gasteiger partial charge in [-0.1, -0.05) is 36.4 Å². The van der Waals surface area contributed by atoms with Crippen LogP contribution in [0.15, 0.2) is 60.2 Å². The van der Waals surface area contributed by atoms with Crippen LogP contribution in [0.25, 0.3) is 21.3 Å². The van der Waals surface area contributed by atoms with Crippen molar-refractivity contribution >= 4 is 37.4 Å². The smallest absolute Gasteiger partial charge is 0.216 e. The van der Waals surface area contributed by atoms with Crippen LogP contribution in [0.3, 0.4) is 0 Å². The number of ether oxygens (including phenoxy) is 1. The summed E-state index contributed by atoms with van der Waals surface area (Å²) in [7, 11) is -1.78. The zero-order valence-electron chi connectivity index (χ0n) is 18.7. The van der Waals surface area contributed by atoms with Crippen LogP contribution in [-0.4, -0.2) is 31.5 Å². The highest BCUT2D eigenvalue weighted by molar-refractivity contribution is 7.88. The fourth-order valence-electron chi connectivity index (χ4n) is 3.65. The molecular formula is C24H26N4O3S2. The van der Waals surface area contributed by atoms with E-state index in [4.69, 9.17) is 4.74 Å². The van der Waals surface area contributed by atoms with Gasteiger partial charge in [-0.15, -0.1) is 11.3 Å². The quantitative estimate of drug-likeness (QED) is 0.356. The van der Waals surface area contributed by atoms with Crippen molar-refractivity contribution in [1.29, 1.82) is 0 Å². The third-order valence-corrected chi connectivity index (χ3v) is 7.50. The molecule has 2 aromatic carbocycles. The molecule has 4 aromatic rings. The lowest BCUT2D eigenvalue weighted by atomic mass is 10.1.